The van der Waals surface area contributed by atoms with Crippen LogP contribution in [0.15, 0.2) is 0 Å². The predicted molar refractivity (Wildman–Crippen MR) is 87.9 cm³/mol. The molecule has 1 amide bonds. The van der Waals surface area contributed by atoms with Gasteiger partial charge in [-0.2, -0.15) is 0 Å². The molecule has 0 N–H and O–H groups in total. The van der Waals surface area contributed by atoms with Crippen LogP contribution in [0, 0.1) is 11.8 Å². The van der Waals surface area contributed by atoms with E-state index in [9.17, 15) is 4.79 Å². The summed E-state index contributed by atoms with van der Waals surface area (Å²) in [4.78, 5) is 16.3. The molecule has 1 aliphatic rings. The highest BCUT2D eigenvalue weighted by atomic mass is 16.2. The average Bonchev–Trinajstić information content (AvgIpc) is 2.41. The van der Waals surface area contributed by atoms with Gasteiger partial charge in [-0.1, -0.05) is 41.0 Å². The van der Waals surface area contributed by atoms with Crippen molar-refractivity contribution in [1.82, 2.24) is 9.80 Å². The minimum atomic E-state index is 0.125. The average molecular weight is 284 g/mol. The van der Waals surface area contributed by atoms with E-state index < -0.39 is 0 Å². The van der Waals surface area contributed by atoms with Crippen LogP contribution in [0.3, 0.4) is 0 Å². The molecule has 0 saturated carbocycles. The zero-order valence-electron chi connectivity index (χ0n) is 14.6. The molecule has 0 aromatic heterocycles. The Morgan fingerprint density at radius 2 is 1.70 bits per heavy atom. The fourth-order valence-electron chi connectivity index (χ4n) is 2.63. The SMILES string of the molecule is CCC.CCCN1CCC(CN(C)C(=O)C(C)C)CC1. The van der Waals surface area contributed by atoms with Gasteiger partial charge in [0.1, 0.15) is 0 Å². The van der Waals surface area contributed by atoms with Crippen LogP contribution in [0.4, 0.5) is 0 Å². The van der Waals surface area contributed by atoms with Gasteiger partial charge >= 0.3 is 0 Å². The molecule has 0 aromatic rings. The van der Waals surface area contributed by atoms with Crippen LogP contribution in [0.2, 0.25) is 0 Å². The predicted octanol–water partition coefficient (Wildman–Crippen LogP) is 3.64. The molecule has 0 atom stereocenters. The molecule has 0 unspecified atom stereocenters. The molecule has 0 bridgehead atoms. The van der Waals surface area contributed by atoms with Crippen molar-refractivity contribution in [2.24, 2.45) is 11.8 Å². The zero-order valence-corrected chi connectivity index (χ0v) is 14.6. The first kappa shape index (κ1) is 19.4. The number of carbonyl (C=O) groups excluding carboxylic acids is 1. The van der Waals surface area contributed by atoms with Crippen molar-refractivity contribution in [3.63, 3.8) is 0 Å². The van der Waals surface area contributed by atoms with Gasteiger partial charge in [-0.25, -0.2) is 0 Å². The summed E-state index contributed by atoms with van der Waals surface area (Å²) >= 11 is 0. The number of amides is 1. The van der Waals surface area contributed by atoms with E-state index in [0.29, 0.717) is 5.92 Å². The molecule has 1 saturated heterocycles. The van der Waals surface area contributed by atoms with E-state index in [2.05, 4.69) is 25.7 Å². The second-order valence-corrected chi connectivity index (χ2v) is 6.37. The molecular formula is C17H36N2O. The van der Waals surface area contributed by atoms with Crippen LogP contribution in [-0.2, 0) is 4.79 Å². The Hall–Kier alpha value is -0.570. The maximum absolute atomic E-state index is 11.8. The fourth-order valence-corrected chi connectivity index (χ4v) is 2.63. The Morgan fingerprint density at radius 3 is 2.10 bits per heavy atom. The lowest BCUT2D eigenvalue weighted by Gasteiger charge is -2.34. The first-order valence-corrected chi connectivity index (χ1v) is 8.43. The van der Waals surface area contributed by atoms with Crippen LogP contribution in [0.1, 0.15) is 60.3 Å². The van der Waals surface area contributed by atoms with E-state index >= 15 is 0 Å². The number of likely N-dealkylation sites (tertiary alicyclic amines) is 1. The van der Waals surface area contributed by atoms with Gasteiger partial charge in [-0.15, -0.1) is 0 Å². The Balaban J connectivity index is 0.00000110. The lowest BCUT2D eigenvalue weighted by atomic mass is 9.96. The minimum Gasteiger partial charge on any atom is -0.345 e. The number of piperidine rings is 1. The monoisotopic (exact) mass is 284 g/mol. The summed E-state index contributed by atoms with van der Waals surface area (Å²) in [5.74, 6) is 1.11. The summed E-state index contributed by atoms with van der Waals surface area (Å²) in [6, 6.07) is 0. The molecule has 3 heteroatoms. The van der Waals surface area contributed by atoms with E-state index in [4.69, 9.17) is 0 Å². The Bertz CT molecular complexity index is 245. The molecule has 0 spiro atoms. The van der Waals surface area contributed by atoms with Gasteiger partial charge in [0, 0.05) is 19.5 Å². The van der Waals surface area contributed by atoms with Crippen LogP contribution < -0.4 is 0 Å². The lowest BCUT2D eigenvalue weighted by Crippen LogP contribution is -2.40. The molecule has 0 radical (unpaired) electrons. The molecule has 1 aliphatic heterocycles. The highest BCUT2D eigenvalue weighted by Crippen LogP contribution is 2.18. The van der Waals surface area contributed by atoms with E-state index in [1.54, 1.807) is 0 Å². The first-order valence-electron chi connectivity index (χ1n) is 8.43. The number of rotatable bonds is 5. The third-order valence-corrected chi connectivity index (χ3v) is 3.65. The highest BCUT2D eigenvalue weighted by molar-refractivity contribution is 5.77. The van der Waals surface area contributed by atoms with Gasteiger partial charge in [0.2, 0.25) is 5.91 Å². The summed E-state index contributed by atoms with van der Waals surface area (Å²) in [5, 5.41) is 0. The molecule has 1 heterocycles. The van der Waals surface area contributed by atoms with E-state index in [1.807, 2.05) is 25.8 Å². The molecule has 1 rings (SSSR count). The lowest BCUT2D eigenvalue weighted by molar-refractivity contribution is -0.133. The molecule has 0 aliphatic carbocycles. The van der Waals surface area contributed by atoms with Crippen LogP contribution >= 0.6 is 0 Å². The van der Waals surface area contributed by atoms with Crippen molar-refractivity contribution < 1.29 is 4.79 Å². The topological polar surface area (TPSA) is 23.6 Å². The number of nitrogens with zero attached hydrogens (tertiary/aromatic N) is 2. The second-order valence-electron chi connectivity index (χ2n) is 6.37. The van der Waals surface area contributed by atoms with Gasteiger partial charge in [0.05, 0.1) is 0 Å². The third kappa shape index (κ3) is 7.88. The Kier molecular flexibility index (Phi) is 10.8. The van der Waals surface area contributed by atoms with E-state index in [-0.39, 0.29) is 11.8 Å². The summed E-state index contributed by atoms with van der Waals surface area (Å²) in [5.41, 5.74) is 0. The second kappa shape index (κ2) is 11.1. The zero-order chi connectivity index (χ0) is 15.5. The van der Waals surface area contributed by atoms with E-state index in [0.717, 1.165) is 6.54 Å². The first-order chi connectivity index (χ1) is 9.46. The van der Waals surface area contributed by atoms with Crippen molar-refractivity contribution in [3.8, 4) is 0 Å². The number of hydrogen-bond donors (Lipinski definition) is 0. The molecule has 1 fully saturated rings. The highest BCUT2D eigenvalue weighted by Gasteiger charge is 2.22. The van der Waals surface area contributed by atoms with Crippen molar-refractivity contribution in [1.29, 1.82) is 0 Å². The molecular weight excluding hydrogens is 248 g/mol. The maximum Gasteiger partial charge on any atom is 0.224 e. The molecule has 20 heavy (non-hydrogen) atoms. The Labute approximate surface area is 126 Å². The van der Waals surface area contributed by atoms with Gasteiger partial charge in [0.25, 0.3) is 0 Å². The standard InChI is InChI=1S/C14H28N2O.C3H8/c1-5-8-16-9-6-13(7-10-16)11-15(4)14(17)12(2)3;1-3-2/h12-13H,5-11H2,1-4H3;3H2,1-2H3. The maximum atomic E-state index is 11.8. The normalized spacial score (nSPS) is 16.8. The summed E-state index contributed by atoms with van der Waals surface area (Å²) in [6.07, 6.45) is 4.99. The summed E-state index contributed by atoms with van der Waals surface area (Å²) in [7, 11) is 1.95. The molecule has 120 valence electrons. The molecule has 3 nitrogen and oxygen atoms in total. The van der Waals surface area contributed by atoms with Crippen molar-refractivity contribution in [2.75, 3.05) is 33.2 Å². The van der Waals surface area contributed by atoms with Crippen LogP contribution in [0.25, 0.3) is 0 Å². The van der Waals surface area contributed by atoms with Crippen molar-refractivity contribution in [2.45, 2.75) is 60.3 Å². The van der Waals surface area contributed by atoms with Gasteiger partial charge in [0.15, 0.2) is 0 Å². The van der Waals surface area contributed by atoms with E-state index in [1.165, 1.54) is 45.3 Å². The van der Waals surface area contributed by atoms with Gasteiger partial charge in [-0.05, 0) is 44.8 Å². The fraction of sp³-hybridized carbons (Fsp3) is 0.941. The van der Waals surface area contributed by atoms with Crippen molar-refractivity contribution in [3.05, 3.63) is 0 Å². The third-order valence-electron chi connectivity index (χ3n) is 3.65. The summed E-state index contributed by atoms with van der Waals surface area (Å²) < 4.78 is 0. The number of carbonyl (C=O) groups is 1. The Morgan fingerprint density at radius 1 is 1.20 bits per heavy atom. The molecule has 0 aromatic carbocycles. The summed E-state index contributed by atoms with van der Waals surface area (Å²) in [6.45, 7) is 15.0. The largest absolute Gasteiger partial charge is 0.345 e. The quantitative estimate of drug-likeness (QED) is 0.769. The van der Waals surface area contributed by atoms with Gasteiger partial charge < -0.3 is 9.80 Å². The minimum absolute atomic E-state index is 0.125. The van der Waals surface area contributed by atoms with Crippen LogP contribution in [-0.4, -0.2) is 48.9 Å². The smallest absolute Gasteiger partial charge is 0.224 e. The van der Waals surface area contributed by atoms with Gasteiger partial charge in [-0.3, -0.25) is 4.79 Å². The van der Waals surface area contributed by atoms with Crippen molar-refractivity contribution >= 4 is 5.91 Å². The number of hydrogen-bond acceptors (Lipinski definition) is 2. The van der Waals surface area contributed by atoms with Crippen LogP contribution in [0.5, 0.6) is 0 Å².